The molecular formula is C8H6BrN3O2. The zero-order valence-corrected chi connectivity index (χ0v) is 8.61. The van der Waals surface area contributed by atoms with Gasteiger partial charge < -0.3 is 5.32 Å². The molecule has 3 amide bonds. The molecule has 0 bridgehead atoms. The molecule has 1 aliphatic heterocycles. The number of halogens is 1. The first kappa shape index (κ1) is 9.14. The molecule has 0 aromatic carbocycles. The van der Waals surface area contributed by atoms with Crippen LogP contribution in [-0.2, 0) is 4.79 Å². The largest absolute Gasteiger partial charge is 0.329 e. The quantitative estimate of drug-likeness (QED) is 0.759. The number of aromatic nitrogens is 1. The third kappa shape index (κ3) is 1.48. The van der Waals surface area contributed by atoms with Crippen LogP contribution in [0.2, 0.25) is 0 Å². The Labute approximate surface area is 88.2 Å². The molecule has 1 N–H and O–H groups in total. The Morgan fingerprint density at radius 2 is 2.21 bits per heavy atom. The molecule has 0 atom stereocenters. The molecule has 0 radical (unpaired) electrons. The van der Waals surface area contributed by atoms with Gasteiger partial charge in [-0.15, -0.1) is 0 Å². The molecule has 0 unspecified atom stereocenters. The van der Waals surface area contributed by atoms with Gasteiger partial charge in [-0.1, -0.05) is 0 Å². The third-order valence-corrected chi connectivity index (χ3v) is 2.23. The topological polar surface area (TPSA) is 62.3 Å². The fourth-order valence-corrected chi connectivity index (χ4v) is 1.56. The number of anilines is 1. The van der Waals surface area contributed by atoms with Crippen LogP contribution in [0.4, 0.5) is 10.5 Å². The summed E-state index contributed by atoms with van der Waals surface area (Å²) in [5.74, 6) is -0.269. The van der Waals surface area contributed by atoms with Crippen molar-refractivity contribution in [2.24, 2.45) is 0 Å². The summed E-state index contributed by atoms with van der Waals surface area (Å²) in [5, 5.41) is 2.43. The van der Waals surface area contributed by atoms with Crippen molar-refractivity contribution in [2.75, 3.05) is 11.4 Å². The van der Waals surface area contributed by atoms with Gasteiger partial charge in [0.15, 0.2) is 0 Å². The number of nitrogens with zero attached hydrogens (tertiary/aromatic N) is 2. The summed E-state index contributed by atoms with van der Waals surface area (Å²) in [6.07, 6.45) is 3.05. The highest BCUT2D eigenvalue weighted by Gasteiger charge is 2.30. The summed E-state index contributed by atoms with van der Waals surface area (Å²) in [5.41, 5.74) is 0.472. The monoisotopic (exact) mass is 255 g/mol. The Kier molecular flexibility index (Phi) is 2.20. The van der Waals surface area contributed by atoms with Gasteiger partial charge in [0.1, 0.15) is 0 Å². The standard InChI is InChI=1S/C8H6BrN3O2/c9-5-1-6(3-10-2-5)12-7(13)4-11-8(12)14/h1-3H,4H2,(H,11,14). The molecule has 1 fully saturated rings. The molecule has 2 rings (SSSR count). The number of nitrogens with one attached hydrogen (secondary N) is 1. The van der Waals surface area contributed by atoms with Crippen LogP contribution >= 0.6 is 15.9 Å². The molecule has 0 aliphatic carbocycles. The maximum atomic E-state index is 11.3. The Balaban J connectivity index is 2.39. The molecule has 72 valence electrons. The number of urea groups is 1. The second-order valence-corrected chi connectivity index (χ2v) is 3.66. The summed E-state index contributed by atoms with van der Waals surface area (Å²) in [4.78, 5) is 27.5. The molecular weight excluding hydrogens is 250 g/mol. The van der Waals surface area contributed by atoms with E-state index in [1.807, 2.05) is 0 Å². The lowest BCUT2D eigenvalue weighted by Crippen LogP contribution is -2.30. The number of rotatable bonds is 1. The molecule has 0 spiro atoms. The van der Waals surface area contributed by atoms with Gasteiger partial charge in [0, 0.05) is 10.7 Å². The summed E-state index contributed by atoms with van der Waals surface area (Å²) in [6.45, 7) is 0.0470. The highest BCUT2D eigenvalue weighted by atomic mass is 79.9. The van der Waals surface area contributed by atoms with Crippen LogP contribution in [0.5, 0.6) is 0 Å². The number of imide groups is 1. The zero-order chi connectivity index (χ0) is 10.1. The van der Waals surface area contributed by atoms with Crippen molar-refractivity contribution < 1.29 is 9.59 Å². The number of hydrogen-bond acceptors (Lipinski definition) is 3. The van der Waals surface area contributed by atoms with E-state index in [1.165, 1.54) is 6.20 Å². The molecule has 0 saturated carbocycles. The molecule has 14 heavy (non-hydrogen) atoms. The van der Waals surface area contributed by atoms with Crippen molar-refractivity contribution >= 4 is 33.6 Å². The van der Waals surface area contributed by atoms with E-state index in [2.05, 4.69) is 26.2 Å². The third-order valence-electron chi connectivity index (χ3n) is 1.79. The van der Waals surface area contributed by atoms with Gasteiger partial charge in [-0.3, -0.25) is 9.78 Å². The van der Waals surface area contributed by atoms with E-state index in [0.717, 1.165) is 9.37 Å². The Morgan fingerprint density at radius 1 is 1.43 bits per heavy atom. The van der Waals surface area contributed by atoms with Crippen LogP contribution in [-0.4, -0.2) is 23.5 Å². The minimum absolute atomic E-state index is 0.0470. The van der Waals surface area contributed by atoms with Gasteiger partial charge in [-0.25, -0.2) is 9.69 Å². The van der Waals surface area contributed by atoms with E-state index < -0.39 is 6.03 Å². The van der Waals surface area contributed by atoms with E-state index >= 15 is 0 Å². The Bertz CT molecular complexity index is 391. The van der Waals surface area contributed by atoms with Crippen molar-refractivity contribution in [3.8, 4) is 0 Å². The number of hydrogen-bond donors (Lipinski definition) is 1. The van der Waals surface area contributed by atoms with Crippen LogP contribution in [0.25, 0.3) is 0 Å². The first-order valence-corrected chi connectivity index (χ1v) is 4.69. The number of pyridine rings is 1. The summed E-state index contributed by atoms with van der Waals surface area (Å²) >= 11 is 3.22. The van der Waals surface area contributed by atoms with Gasteiger partial charge in [-0.2, -0.15) is 0 Å². The zero-order valence-electron chi connectivity index (χ0n) is 7.03. The van der Waals surface area contributed by atoms with E-state index in [-0.39, 0.29) is 12.5 Å². The van der Waals surface area contributed by atoms with Gasteiger partial charge in [0.05, 0.1) is 18.4 Å². The van der Waals surface area contributed by atoms with Gasteiger partial charge in [-0.05, 0) is 22.0 Å². The van der Waals surface area contributed by atoms with E-state index in [9.17, 15) is 9.59 Å². The second-order valence-electron chi connectivity index (χ2n) is 2.75. The molecule has 6 heteroatoms. The predicted octanol–water partition coefficient (Wildman–Crippen LogP) is 0.900. The molecule has 2 heterocycles. The smallest absolute Gasteiger partial charge is 0.328 e. The average molecular weight is 256 g/mol. The lowest BCUT2D eigenvalue weighted by atomic mass is 10.4. The molecule has 5 nitrogen and oxygen atoms in total. The Morgan fingerprint density at radius 3 is 2.79 bits per heavy atom. The fourth-order valence-electron chi connectivity index (χ4n) is 1.21. The molecule has 1 aromatic heterocycles. The average Bonchev–Trinajstić information content (AvgIpc) is 2.46. The van der Waals surface area contributed by atoms with Gasteiger partial charge in [0.25, 0.3) is 5.91 Å². The van der Waals surface area contributed by atoms with E-state index in [4.69, 9.17) is 0 Å². The normalized spacial score (nSPS) is 15.9. The molecule has 1 aromatic rings. The van der Waals surface area contributed by atoms with Crippen molar-refractivity contribution in [1.29, 1.82) is 0 Å². The van der Waals surface area contributed by atoms with Crippen LogP contribution in [0.3, 0.4) is 0 Å². The number of carbonyl (C=O) groups is 2. The molecule has 1 aliphatic rings. The summed E-state index contributed by atoms with van der Waals surface area (Å²) in [7, 11) is 0. The fraction of sp³-hybridized carbons (Fsp3) is 0.125. The van der Waals surface area contributed by atoms with Crippen molar-refractivity contribution in [2.45, 2.75) is 0 Å². The first-order chi connectivity index (χ1) is 6.68. The van der Waals surface area contributed by atoms with Crippen molar-refractivity contribution in [3.63, 3.8) is 0 Å². The lowest BCUT2D eigenvalue weighted by Gasteiger charge is -2.11. The number of carbonyl (C=O) groups excluding carboxylic acids is 2. The maximum Gasteiger partial charge on any atom is 0.329 e. The first-order valence-electron chi connectivity index (χ1n) is 3.90. The maximum absolute atomic E-state index is 11.3. The SMILES string of the molecule is O=C1CNC(=O)N1c1cncc(Br)c1. The van der Waals surface area contributed by atoms with Crippen LogP contribution in [0.1, 0.15) is 0 Å². The van der Waals surface area contributed by atoms with Crippen LogP contribution in [0, 0.1) is 0 Å². The minimum Gasteiger partial charge on any atom is -0.328 e. The highest BCUT2D eigenvalue weighted by Crippen LogP contribution is 2.19. The Hall–Kier alpha value is -1.43. The minimum atomic E-state index is -0.407. The van der Waals surface area contributed by atoms with Gasteiger partial charge >= 0.3 is 6.03 Å². The van der Waals surface area contributed by atoms with E-state index in [1.54, 1.807) is 12.3 Å². The van der Waals surface area contributed by atoms with Gasteiger partial charge in [0.2, 0.25) is 0 Å². The summed E-state index contributed by atoms with van der Waals surface area (Å²) in [6, 6.07) is 1.26. The summed E-state index contributed by atoms with van der Waals surface area (Å²) < 4.78 is 0.725. The van der Waals surface area contributed by atoms with E-state index in [0.29, 0.717) is 5.69 Å². The van der Waals surface area contributed by atoms with Crippen molar-refractivity contribution in [1.82, 2.24) is 10.3 Å². The second kappa shape index (κ2) is 3.38. The highest BCUT2D eigenvalue weighted by molar-refractivity contribution is 9.10. The predicted molar refractivity (Wildman–Crippen MR) is 52.8 cm³/mol. The lowest BCUT2D eigenvalue weighted by molar-refractivity contribution is -0.115. The van der Waals surface area contributed by atoms with Crippen LogP contribution < -0.4 is 10.2 Å². The number of amides is 3. The van der Waals surface area contributed by atoms with Crippen molar-refractivity contribution in [3.05, 3.63) is 22.9 Å². The molecule has 1 saturated heterocycles. The van der Waals surface area contributed by atoms with Crippen LogP contribution in [0.15, 0.2) is 22.9 Å².